The second kappa shape index (κ2) is 46.9. The molecular weight excluding hydrogens is 687 g/mol. The lowest BCUT2D eigenvalue weighted by Crippen LogP contribution is -2.45. The van der Waals surface area contributed by atoms with Gasteiger partial charge in [-0.2, -0.15) is 0 Å². The molecule has 0 fully saturated rings. The molecule has 0 bridgehead atoms. The Hall–Kier alpha value is -2.43. The summed E-state index contributed by atoms with van der Waals surface area (Å²) in [6, 6.07) is -0.533. The van der Waals surface area contributed by atoms with Crippen LogP contribution in [0, 0.1) is 0 Å². The lowest BCUT2D eigenvalue weighted by atomic mass is 10.0. The molecule has 56 heavy (non-hydrogen) atoms. The average Bonchev–Trinajstić information content (AvgIpc) is 3.20. The highest BCUT2D eigenvalue weighted by Crippen LogP contribution is 2.15. The lowest BCUT2D eigenvalue weighted by molar-refractivity contribution is -0.123. The van der Waals surface area contributed by atoms with Gasteiger partial charge in [-0.25, -0.2) is 0 Å². The molecule has 1 amide bonds. The number of allylic oxidation sites excluding steroid dienone is 14. The van der Waals surface area contributed by atoms with Gasteiger partial charge < -0.3 is 15.5 Å². The van der Waals surface area contributed by atoms with Crippen LogP contribution in [0.25, 0.3) is 0 Å². The van der Waals surface area contributed by atoms with Crippen molar-refractivity contribution in [1.29, 1.82) is 0 Å². The number of aliphatic hydroxyl groups excluding tert-OH is 2. The van der Waals surface area contributed by atoms with Crippen molar-refractivity contribution in [2.24, 2.45) is 0 Å². The van der Waals surface area contributed by atoms with Crippen LogP contribution in [-0.4, -0.2) is 34.9 Å². The fourth-order valence-electron chi connectivity index (χ4n) is 6.81. The third kappa shape index (κ3) is 42.7. The summed E-state index contributed by atoms with van der Waals surface area (Å²) < 4.78 is 0. The monoisotopic (exact) mass is 778 g/mol. The first-order valence-corrected chi connectivity index (χ1v) is 23.8. The van der Waals surface area contributed by atoms with Crippen molar-refractivity contribution < 1.29 is 15.0 Å². The smallest absolute Gasteiger partial charge is 0.220 e. The normalized spacial score (nSPS) is 13.7. The molecule has 0 spiro atoms. The Morgan fingerprint density at radius 1 is 0.446 bits per heavy atom. The summed E-state index contributed by atoms with van der Waals surface area (Å²) in [5.74, 6) is -0.0441. The Balaban J connectivity index is 3.39. The number of carbonyl (C=O) groups excluding carboxylic acids is 1. The van der Waals surface area contributed by atoms with Gasteiger partial charge in [-0.3, -0.25) is 4.79 Å². The summed E-state index contributed by atoms with van der Waals surface area (Å²) in [6.45, 7) is 4.09. The predicted octanol–water partition coefficient (Wildman–Crippen LogP) is 15.2. The molecule has 4 nitrogen and oxygen atoms in total. The Labute approximate surface area is 348 Å². The second-order valence-electron chi connectivity index (χ2n) is 15.8. The molecule has 0 aliphatic heterocycles. The average molecular weight is 778 g/mol. The van der Waals surface area contributed by atoms with Crippen LogP contribution in [0.4, 0.5) is 0 Å². The number of hydrogen-bond acceptors (Lipinski definition) is 3. The molecule has 0 saturated heterocycles. The first-order chi connectivity index (χ1) is 27.7. The molecule has 0 aromatic carbocycles. The maximum Gasteiger partial charge on any atom is 0.220 e. The summed E-state index contributed by atoms with van der Waals surface area (Å²) in [7, 11) is 0. The molecule has 3 N–H and O–H groups in total. The molecule has 2 unspecified atom stereocenters. The first-order valence-electron chi connectivity index (χ1n) is 23.8. The van der Waals surface area contributed by atoms with Crippen LogP contribution in [0.1, 0.15) is 219 Å². The maximum absolute atomic E-state index is 12.2. The molecule has 4 heteroatoms. The summed E-state index contributed by atoms with van der Waals surface area (Å²) in [6.07, 6.45) is 69.0. The van der Waals surface area contributed by atoms with Crippen molar-refractivity contribution in [2.45, 2.75) is 231 Å². The van der Waals surface area contributed by atoms with Gasteiger partial charge in [0.2, 0.25) is 5.91 Å². The van der Waals surface area contributed by atoms with Crippen LogP contribution >= 0.6 is 0 Å². The minimum atomic E-state index is -0.656. The fraction of sp³-hybridized carbons (Fsp3) is 0.712. The molecule has 0 aromatic heterocycles. The zero-order valence-corrected chi connectivity index (χ0v) is 36.9. The Bertz CT molecular complexity index is 1020. The molecule has 322 valence electrons. The molecule has 2 atom stereocenters. The number of nitrogens with one attached hydrogen (secondary N) is 1. The number of unbranched alkanes of at least 4 members (excludes halogenated alkanes) is 21. The fourth-order valence-corrected chi connectivity index (χ4v) is 6.81. The van der Waals surface area contributed by atoms with E-state index in [1.165, 1.54) is 116 Å². The standard InChI is InChI=1S/C52H91NO3/c1-3-5-7-8-9-10-11-12-13-14-15-16-17-18-19-20-21-22-23-24-25-26-27-28-29-30-31-32-33-34-35-36-37-38-39-40-41-42-43-44-46-48-52(56)53-50(49-54)51(55)47-45-6-4-2/h5,7,9-10,12-13,15-16,18-19,21-22,24-25,50-51,54-55H,3-4,6,8,11,14,17,20,23,26-49H2,1-2H3,(H,53,56)/b7-5-,10-9-,13-12-,16-15-,19-18-,22-21-,25-24-. The van der Waals surface area contributed by atoms with E-state index in [0.717, 1.165) is 77.0 Å². The van der Waals surface area contributed by atoms with Crippen molar-refractivity contribution in [3.05, 3.63) is 85.1 Å². The van der Waals surface area contributed by atoms with Crippen LogP contribution in [-0.2, 0) is 4.79 Å². The highest BCUT2D eigenvalue weighted by Gasteiger charge is 2.19. The largest absolute Gasteiger partial charge is 0.394 e. The van der Waals surface area contributed by atoms with E-state index < -0.39 is 12.1 Å². The van der Waals surface area contributed by atoms with Gasteiger partial charge >= 0.3 is 0 Å². The van der Waals surface area contributed by atoms with E-state index in [4.69, 9.17) is 0 Å². The minimum absolute atomic E-state index is 0.0441. The molecule has 0 saturated carbocycles. The van der Waals surface area contributed by atoms with Crippen LogP contribution in [0.5, 0.6) is 0 Å². The Morgan fingerprint density at radius 3 is 1.14 bits per heavy atom. The van der Waals surface area contributed by atoms with Crippen LogP contribution in [0.2, 0.25) is 0 Å². The highest BCUT2D eigenvalue weighted by molar-refractivity contribution is 5.76. The first kappa shape index (κ1) is 53.6. The summed E-state index contributed by atoms with van der Waals surface area (Å²) in [4.78, 5) is 12.2. The number of amides is 1. The van der Waals surface area contributed by atoms with Gasteiger partial charge in [-0.1, -0.05) is 227 Å². The van der Waals surface area contributed by atoms with Crippen molar-refractivity contribution in [2.75, 3.05) is 6.61 Å². The Morgan fingerprint density at radius 2 is 0.786 bits per heavy atom. The van der Waals surface area contributed by atoms with Crippen LogP contribution in [0.15, 0.2) is 85.1 Å². The topological polar surface area (TPSA) is 69.6 Å². The van der Waals surface area contributed by atoms with Gasteiger partial charge in [-0.15, -0.1) is 0 Å². The minimum Gasteiger partial charge on any atom is -0.394 e. The quantitative estimate of drug-likeness (QED) is 0.0427. The second-order valence-corrected chi connectivity index (χ2v) is 15.8. The molecule has 0 radical (unpaired) electrons. The summed E-state index contributed by atoms with van der Waals surface area (Å²) in [5.41, 5.74) is 0. The third-order valence-electron chi connectivity index (χ3n) is 10.4. The molecule has 0 heterocycles. The van der Waals surface area contributed by atoms with Gasteiger partial charge in [0.25, 0.3) is 0 Å². The van der Waals surface area contributed by atoms with E-state index in [1.807, 2.05) is 0 Å². The zero-order chi connectivity index (χ0) is 40.7. The third-order valence-corrected chi connectivity index (χ3v) is 10.4. The SMILES string of the molecule is CC/C=C\C/C=C\C/C=C\C/C=C\C/C=C\C/C=C\C/C=C\CCCCCCCCCCCCCCCCCCCCCC(=O)NC(CO)C(O)CCCCC. The maximum atomic E-state index is 12.2. The van der Waals surface area contributed by atoms with Crippen LogP contribution in [0.3, 0.4) is 0 Å². The lowest BCUT2D eigenvalue weighted by Gasteiger charge is -2.22. The van der Waals surface area contributed by atoms with E-state index in [9.17, 15) is 15.0 Å². The molecule has 0 aromatic rings. The predicted molar refractivity (Wildman–Crippen MR) is 248 cm³/mol. The van der Waals surface area contributed by atoms with Crippen molar-refractivity contribution in [3.63, 3.8) is 0 Å². The van der Waals surface area contributed by atoms with E-state index in [0.29, 0.717) is 12.8 Å². The molecule has 0 aliphatic rings. The van der Waals surface area contributed by atoms with Gasteiger partial charge in [0, 0.05) is 6.42 Å². The number of aliphatic hydroxyl groups is 2. The number of hydrogen-bond donors (Lipinski definition) is 3. The Kier molecular flexibility index (Phi) is 44.9. The van der Waals surface area contributed by atoms with E-state index in [-0.39, 0.29) is 12.5 Å². The zero-order valence-electron chi connectivity index (χ0n) is 36.9. The molecule has 0 aliphatic carbocycles. The molecular formula is C52H91NO3. The van der Waals surface area contributed by atoms with E-state index in [2.05, 4.69) is 104 Å². The van der Waals surface area contributed by atoms with Crippen molar-refractivity contribution in [3.8, 4) is 0 Å². The van der Waals surface area contributed by atoms with Gasteiger partial charge in [0.15, 0.2) is 0 Å². The number of rotatable bonds is 42. The van der Waals surface area contributed by atoms with Gasteiger partial charge in [-0.05, 0) is 70.6 Å². The highest BCUT2D eigenvalue weighted by atomic mass is 16.3. The molecule has 0 rings (SSSR count). The van der Waals surface area contributed by atoms with E-state index in [1.54, 1.807) is 0 Å². The van der Waals surface area contributed by atoms with Crippen LogP contribution < -0.4 is 5.32 Å². The van der Waals surface area contributed by atoms with Crippen molar-refractivity contribution in [1.82, 2.24) is 5.32 Å². The van der Waals surface area contributed by atoms with Gasteiger partial charge in [0.1, 0.15) is 0 Å². The number of carbonyl (C=O) groups is 1. The summed E-state index contributed by atoms with van der Waals surface area (Å²) in [5, 5.41) is 22.6. The van der Waals surface area contributed by atoms with Crippen molar-refractivity contribution >= 4 is 5.91 Å². The summed E-state index contributed by atoms with van der Waals surface area (Å²) >= 11 is 0. The van der Waals surface area contributed by atoms with E-state index >= 15 is 0 Å². The van der Waals surface area contributed by atoms with Gasteiger partial charge in [0.05, 0.1) is 18.8 Å².